The van der Waals surface area contributed by atoms with Gasteiger partial charge >= 0.3 is 5.97 Å². The second kappa shape index (κ2) is 4.04. The van der Waals surface area contributed by atoms with Crippen LogP contribution in [0.4, 0.5) is 0 Å². The third-order valence-corrected chi connectivity index (χ3v) is 1.95. The van der Waals surface area contributed by atoms with Gasteiger partial charge in [-0.3, -0.25) is 4.79 Å². The molecule has 1 N–H and O–H groups in total. The number of carboxylic acid groups (broad SMARTS) is 1. The molecule has 0 spiro atoms. The Morgan fingerprint density at radius 2 is 2.29 bits per heavy atom. The average molecular weight is 196 g/mol. The zero-order chi connectivity index (χ0) is 10.7. The molecule has 0 unspecified atom stereocenters. The van der Waals surface area contributed by atoms with Gasteiger partial charge in [-0.2, -0.15) is 5.10 Å². The number of rotatable bonds is 3. The molecule has 5 nitrogen and oxygen atoms in total. The van der Waals surface area contributed by atoms with Crippen LogP contribution in [-0.2, 0) is 13.5 Å². The largest absolute Gasteiger partial charge is 0.477 e. The van der Waals surface area contributed by atoms with Crippen LogP contribution in [-0.4, -0.2) is 20.9 Å². The van der Waals surface area contributed by atoms with Crippen molar-refractivity contribution in [2.45, 2.75) is 19.8 Å². The SMILES string of the molecule is CCCc1cnn(C)c(=O)c1C(=O)O. The minimum absolute atomic E-state index is 0.163. The molecule has 0 bridgehead atoms. The van der Waals surface area contributed by atoms with Crippen molar-refractivity contribution in [3.05, 3.63) is 27.7 Å². The van der Waals surface area contributed by atoms with Gasteiger partial charge in [0.1, 0.15) is 5.56 Å². The van der Waals surface area contributed by atoms with Crippen molar-refractivity contribution in [2.75, 3.05) is 0 Å². The van der Waals surface area contributed by atoms with Crippen LogP contribution in [0, 0.1) is 0 Å². The van der Waals surface area contributed by atoms with E-state index >= 15 is 0 Å². The average Bonchev–Trinajstić information content (AvgIpc) is 2.11. The van der Waals surface area contributed by atoms with Gasteiger partial charge in [-0.05, 0) is 12.0 Å². The van der Waals surface area contributed by atoms with E-state index in [4.69, 9.17) is 5.11 Å². The first kappa shape index (κ1) is 10.4. The predicted molar refractivity (Wildman–Crippen MR) is 50.4 cm³/mol. The van der Waals surface area contributed by atoms with Gasteiger partial charge in [-0.15, -0.1) is 0 Å². The third-order valence-electron chi connectivity index (χ3n) is 1.95. The minimum atomic E-state index is -1.18. The molecule has 0 amide bonds. The van der Waals surface area contributed by atoms with Crippen molar-refractivity contribution in [3.63, 3.8) is 0 Å². The highest BCUT2D eigenvalue weighted by molar-refractivity contribution is 5.88. The summed E-state index contributed by atoms with van der Waals surface area (Å²) in [5, 5.41) is 12.6. The van der Waals surface area contributed by atoms with Crippen LogP contribution < -0.4 is 5.56 Å². The van der Waals surface area contributed by atoms with Gasteiger partial charge in [0.05, 0.1) is 6.20 Å². The Morgan fingerprint density at radius 1 is 1.64 bits per heavy atom. The van der Waals surface area contributed by atoms with Crippen molar-refractivity contribution in [1.29, 1.82) is 0 Å². The monoisotopic (exact) mass is 196 g/mol. The molecule has 0 atom stereocenters. The van der Waals surface area contributed by atoms with Crippen LogP contribution >= 0.6 is 0 Å². The van der Waals surface area contributed by atoms with Crippen LogP contribution in [0.15, 0.2) is 11.0 Å². The fourth-order valence-corrected chi connectivity index (χ4v) is 1.26. The molecule has 0 saturated carbocycles. The van der Waals surface area contributed by atoms with Crippen LogP contribution in [0.5, 0.6) is 0 Å². The highest BCUT2D eigenvalue weighted by Gasteiger charge is 2.15. The lowest BCUT2D eigenvalue weighted by molar-refractivity contribution is 0.0692. The van der Waals surface area contributed by atoms with Crippen LogP contribution in [0.25, 0.3) is 0 Å². The van der Waals surface area contributed by atoms with E-state index in [0.29, 0.717) is 12.0 Å². The van der Waals surface area contributed by atoms with E-state index in [1.54, 1.807) is 0 Å². The van der Waals surface area contributed by atoms with Gasteiger partial charge in [0.15, 0.2) is 0 Å². The van der Waals surface area contributed by atoms with E-state index in [-0.39, 0.29) is 5.56 Å². The van der Waals surface area contributed by atoms with Gasteiger partial charge in [-0.1, -0.05) is 13.3 Å². The van der Waals surface area contributed by atoms with Crippen molar-refractivity contribution in [2.24, 2.45) is 7.05 Å². The molecule has 0 saturated heterocycles. The molecule has 0 radical (unpaired) electrons. The maximum absolute atomic E-state index is 11.4. The highest BCUT2D eigenvalue weighted by atomic mass is 16.4. The van der Waals surface area contributed by atoms with Crippen LogP contribution in [0.2, 0.25) is 0 Å². The van der Waals surface area contributed by atoms with Crippen molar-refractivity contribution in [3.8, 4) is 0 Å². The number of nitrogens with zero attached hydrogens (tertiary/aromatic N) is 2. The first-order valence-corrected chi connectivity index (χ1v) is 4.36. The minimum Gasteiger partial charge on any atom is -0.477 e. The van der Waals surface area contributed by atoms with E-state index in [2.05, 4.69) is 5.10 Å². The molecule has 76 valence electrons. The summed E-state index contributed by atoms with van der Waals surface area (Å²) in [5.74, 6) is -1.18. The first-order chi connectivity index (χ1) is 6.57. The smallest absolute Gasteiger partial charge is 0.341 e. The molecule has 14 heavy (non-hydrogen) atoms. The molecule has 0 aliphatic carbocycles. The summed E-state index contributed by atoms with van der Waals surface area (Å²) < 4.78 is 1.03. The number of aromatic nitrogens is 2. The van der Waals surface area contributed by atoms with Gasteiger partial charge in [0.25, 0.3) is 5.56 Å². The zero-order valence-electron chi connectivity index (χ0n) is 8.15. The topological polar surface area (TPSA) is 72.2 Å². The molecular weight excluding hydrogens is 184 g/mol. The summed E-state index contributed by atoms with van der Waals surface area (Å²) in [5.41, 5.74) is -0.212. The number of aryl methyl sites for hydroxylation is 2. The number of aromatic carboxylic acids is 1. The molecule has 1 aromatic rings. The number of hydrogen-bond acceptors (Lipinski definition) is 3. The molecule has 1 rings (SSSR count). The summed E-state index contributed by atoms with van der Waals surface area (Å²) in [6, 6.07) is 0. The molecule has 1 aromatic heterocycles. The lowest BCUT2D eigenvalue weighted by atomic mass is 10.1. The molecule has 0 aliphatic rings. The van der Waals surface area contributed by atoms with E-state index in [0.717, 1.165) is 11.1 Å². The molecular formula is C9H12N2O3. The standard InChI is InChI=1S/C9H12N2O3/c1-3-4-6-5-10-11(2)8(12)7(6)9(13)14/h5H,3-4H2,1-2H3,(H,13,14). The van der Waals surface area contributed by atoms with Gasteiger partial charge in [-0.25, -0.2) is 9.48 Å². The second-order valence-electron chi connectivity index (χ2n) is 3.03. The van der Waals surface area contributed by atoms with E-state index in [9.17, 15) is 9.59 Å². The molecule has 5 heteroatoms. The van der Waals surface area contributed by atoms with Gasteiger partial charge in [0.2, 0.25) is 0 Å². The van der Waals surface area contributed by atoms with Crippen LogP contribution in [0.3, 0.4) is 0 Å². The summed E-state index contributed by atoms with van der Waals surface area (Å²) in [6.07, 6.45) is 2.79. The Balaban J connectivity index is 3.38. The quantitative estimate of drug-likeness (QED) is 0.760. The highest BCUT2D eigenvalue weighted by Crippen LogP contribution is 2.04. The molecule has 0 fully saturated rings. The fourth-order valence-electron chi connectivity index (χ4n) is 1.26. The zero-order valence-corrected chi connectivity index (χ0v) is 8.15. The Kier molecular flexibility index (Phi) is 3.01. The first-order valence-electron chi connectivity index (χ1n) is 4.36. The summed E-state index contributed by atoms with van der Waals surface area (Å²) in [6.45, 7) is 1.92. The third kappa shape index (κ3) is 1.81. The maximum atomic E-state index is 11.4. The fraction of sp³-hybridized carbons (Fsp3) is 0.444. The Morgan fingerprint density at radius 3 is 2.79 bits per heavy atom. The molecule has 1 heterocycles. The second-order valence-corrected chi connectivity index (χ2v) is 3.03. The summed E-state index contributed by atoms with van der Waals surface area (Å²) in [4.78, 5) is 22.3. The lowest BCUT2D eigenvalue weighted by Crippen LogP contribution is -2.28. The number of carboxylic acids is 1. The lowest BCUT2D eigenvalue weighted by Gasteiger charge is -2.04. The van der Waals surface area contributed by atoms with Gasteiger partial charge in [0, 0.05) is 7.05 Å². The summed E-state index contributed by atoms with van der Waals surface area (Å²) in [7, 11) is 1.44. The molecule has 0 aliphatic heterocycles. The van der Waals surface area contributed by atoms with E-state index in [1.807, 2.05) is 6.92 Å². The summed E-state index contributed by atoms with van der Waals surface area (Å²) >= 11 is 0. The molecule has 0 aromatic carbocycles. The number of carbonyl (C=O) groups is 1. The van der Waals surface area contributed by atoms with E-state index < -0.39 is 11.5 Å². The Hall–Kier alpha value is -1.65. The van der Waals surface area contributed by atoms with Crippen molar-refractivity contribution < 1.29 is 9.90 Å². The normalized spacial score (nSPS) is 10.1. The van der Waals surface area contributed by atoms with Crippen molar-refractivity contribution in [1.82, 2.24) is 9.78 Å². The van der Waals surface area contributed by atoms with Crippen LogP contribution in [0.1, 0.15) is 29.3 Å². The Labute approximate surface area is 81.0 Å². The van der Waals surface area contributed by atoms with E-state index in [1.165, 1.54) is 13.2 Å². The number of hydrogen-bond donors (Lipinski definition) is 1. The van der Waals surface area contributed by atoms with Crippen molar-refractivity contribution >= 4 is 5.97 Å². The predicted octanol–water partition coefficient (Wildman–Crippen LogP) is 0.431. The Bertz CT molecular complexity index is 409. The maximum Gasteiger partial charge on any atom is 0.341 e. The van der Waals surface area contributed by atoms with Gasteiger partial charge < -0.3 is 5.11 Å².